The fourth-order valence-corrected chi connectivity index (χ4v) is 2.58. The number of fused-ring (bicyclic) bond motifs is 1. The number of nitrogens with one attached hydrogen (secondary N) is 3. The maximum atomic E-state index is 12.5. The van der Waals surface area contributed by atoms with Gasteiger partial charge in [0.1, 0.15) is 11.8 Å². The van der Waals surface area contributed by atoms with Gasteiger partial charge in [0.25, 0.3) is 5.91 Å². The molecule has 1 fully saturated rings. The monoisotopic (exact) mass is 351 g/mol. The predicted octanol–water partition coefficient (Wildman–Crippen LogP) is 1.85. The molecule has 3 aromatic rings. The Hall–Kier alpha value is -3.62. The smallest absolute Gasteiger partial charge is 0.319 e. The standard InChI is InChI=1S/C17H17N7O2/c18-15-14-13(7-8-24(14)20-9-19-15)16(25)21-10-1-3-11(4-2-10)22-17(26)23-12-5-6-12/h1-4,7-9,12H,5-6H2,(H,21,25)(H2,18,19,20)(H2,22,23,26). The number of hydrogen-bond acceptors (Lipinski definition) is 5. The average Bonchev–Trinajstić information content (AvgIpc) is 3.31. The van der Waals surface area contributed by atoms with Crippen molar-refractivity contribution in [1.82, 2.24) is 19.9 Å². The Labute approximate surface area is 148 Å². The summed E-state index contributed by atoms with van der Waals surface area (Å²) >= 11 is 0. The van der Waals surface area contributed by atoms with Gasteiger partial charge in [0.2, 0.25) is 0 Å². The Bertz CT molecular complexity index is 976. The second kappa shape index (κ2) is 6.36. The van der Waals surface area contributed by atoms with E-state index in [0.717, 1.165) is 12.8 Å². The predicted molar refractivity (Wildman–Crippen MR) is 97.0 cm³/mol. The maximum Gasteiger partial charge on any atom is 0.319 e. The van der Waals surface area contributed by atoms with Gasteiger partial charge in [-0.15, -0.1) is 0 Å². The maximum absolute atomic E-state index is 12.5. The number of hydrogen-bond donors (Lipinski definition) is 4. The summed E-state index contributed by atoms with van der Waals surface area (Å²) in [6, 6.07) is 8.57. The van der Waals surface area contributed by atoms with E-state index in [1.165, 1.54) is 10.8 Å². The lowest BCUT2D eigenvalue weighted by Gasteiger charge is -2.08. The molecular formula is C17H17N7O2. The minimum absolute atomic E-state index is 0.222. The van der Waals surface area contributed by atoms with Crippen LogP contribution in [0, 0.1) is 0 Å². The van der Waals surface area contributed by atoms with Crippen LogP contribution in [0.25, 0.3) is 5.52 Å². The van der Waals surface area contributed by atoms with Crippen LogP contribution in [0.1, 0.15) is 23.2 Å². The molecule has 4 rings (SSSR count). The van der Waals surface area contributed by atoms with Crippen molar-refractivity contribution in [2.45, 2.75) is 18.9 Å². The van der Waals surface area contributed by atoms with Crippen molar-refractivity contribution in [3.05, 3.63) is 48.4 Å². The topological polar surface area (TPSA) is 126 Å². The van der Waals surface area contributed by atoms with Gasteiger partial charge in [-0.25, -0.2) is 14.3 Å². The van der Waals surface area contributed by atoms with E-state index < -0.39 is 0 Å². The van der Waals surface area contributed by atoms with Crippen LogP contribution in [-0.2, 0) is 0 Å². The van der Waals surface area contributed by atoms with Crippen molar-refractivity contribution in [2.75, 3.05) is 16.4 Å². The van der Waals surface area contributed by atoms with Crippen molar-refractivity contribution in [1.29, 1.82) is 0 Å². The van der Waals surface area contributed by atoms with Crippen molar-refractivity contribution >= 4 is 34.6 Å². The van der Waals surface area contributed by atoms with Gasteiger partial charge < -0.3 is 21.7 Å². The van der Waals surface area contributed by atoms with E-state index in [4.69, 9.17) is 5.73 Å². The van der Waals surface area contributed by atoms with Gasteiger partial charge in [-0.1, -0.05) is 0 Å². The molecular weight excluding hydrogens is 334 g/mol. The summed E-state index contributed by atoms with van der Waals surface area (Å²) in [5.74, 6) is -0.0856. The van der Waals surface area contributed by atoms with Gasteiger partial charge in [-0.2, -0.15) is 5.10 Å². The summed E-state index contributed by atoms with van der Waals surface area (Å²) in [4.78, 5) is 28.1. The van der Waals surface area contributed by atoms with Gasteiger partial charge in [-0.3, -0.25) is 4.79 Å². The molecule has 0 aliphatic heterocycles. The minimum Gasteiger partial charge on any atom is -0.382 e. The fourth-order valence-electron chi connectivity index (χ4n) is 2.58. The Morgan fingerprint density at radius 3 is 2.46 bits per heavy atom. The summed E-state index contributed by atoms with van der Waals surface area (Å²) in [6.45, 7) is 0. The van der Waals surface area contributed by atoms with E-state index in [9.17, 15) is 9.59 Å². The number of urea groups is 1. The number of rotatable bonds is 4. The molecule has 2 heterocycles. The quantitative estimate of drug-likeness (QED) is 0.570. The van der Waals surface area contributed by atoms with Gasteiger partial charge in [0, 0.05) is 23.6 Å². The molecule has 0 saturated heterocycles. The normalized spacial score (nSPS) is 13.4. The van der Waals surface area contributed by atoms with Gasteiger partial charge >= 0.3 is 6.03 Å². The first kappa shape index (κ1) is 15.9. The second-order valence-electron chi connectivity index (χ2n) is 6.07. The Balaban J connectivity index is 1.44. The van der Waals surface area contributed by atoms with Crippen LogP contribution in [-0.4, -0.2) is 32.6 Å². The number of anilines is 3. The number of aromatic nitrogens is 3. The highest BCUT2D eigenvalue weighted by atomic mass is 16.2. The number of nitrogen functional groups attached to an aromatic ring is 1. The highest BCUT2D eigenvalue weighted by molar-refractivity contribution is 6.10. The van der Waals surface area contributed by atoms with Crippen molar-refractivity contribution in [3.8, 4) is 0 Å². The molecule has 26 heavy (non-hydrogen) atoms. The number of amides is 3. The van der Waals surface area contributed by atoms with E-state index in [0.29, 0.717) is 28.5 Å². The molecule has 1 aromatic carbocycles. The molecule has 0 spiro atoms. The molecule has 9 heteroatoms. The molecule has 0 unspecified atom stereocenters. The summed E-state index contributed by atoms with van der Waals surface area (Å²) in [7, 11) is 0. The molecule has 0 radical (unpaired) electrons. The number of benzene rings is 1. The first-order valence-electron chi connectivity index (χ1n) is 8.17. The van der Waals surface area contributed by atoms with Crippen LogP contribution in [0.15, 0.2) is 42.9 Å². The summed E-state index contributed by atoms with van der Waals surface area (Å²) in [5.41, 5.74) is 7.92. The fraction of sp³-hybridized carbons (Fsp3) is 0.176. The molecule has 2 aromatic heterocycles. The molecule has 132 valence electrons. The first-order chi connectivity index (χ1) is 12.6. The van der Waals surface area contributed by atoms with E-state index >= 15 is 0 Å². The van der Waals surface area contributed by atoms with E-state index in [1.807, 2.05) is 0 Å². The SMILES string of the molecule is Nc1ncnn2ccc(C(=O)Nc3ccc(NC(=O)NC4CC4)cc3)c12. The summed E-state index contributed by atoms with van der Waals surface area (Å²) in [6.07, 6.45) is 5.04. The number of carbonyl (C=O) groups excluding carboxylic acids is 2. The van der Waals surface area contributed by atoms with Crippen LogP contribution < -0.4 is 21.7 Å². The zero-order valence-corrected chi connectivity index (χ0v) is 13.8. The van der Waals surface area contributed by atoms with Crippen LogP contribution >= 0.6 is 0 Å². The van der Waals surface area contributed by atoms with Crippen molar-refractivity contribution < 1.29 is 9.59 Å². The molecule has 9 nitrogen and oxygen atoms in total. The molecule has 1 aliphatic carbocycles. The van der Waals surface area contributed by atoms with E-state index in [-0.39, 0.29) is 17.8 Å². The summed E-state index contributed by atoms with van der Waals surface area (Å²) < 4.78 is 1.50. The Morgan fingerprint density at radius 1 is 1.08 bits per heavy atom. The van der Waals surface area contributed by atoms with E-state index in [2.05, 4.69) is 26.0 Å². The third-order valence-electron chi connectivity index (χ3n) is 4.04. The van der Waals surface area contributed by atoms with Crippen LogP contribution in [0.4, 0.5) is 22.0 Å². The largest absolute Gasteiger partial charge is 0.382 e. The van der Waals surface area contributed by atoms with Crippen molar-refractivity contribution in [2.24, 2.45) is 0 Å². The third-order valence-corrected chi connectivity index (χ3v) is 4.04. The lowest BCUT2D eigenvalue weighted by atomic mass is 10.2. The number of carbonyl (C=O) groups is 2. The molecule has 5 N–H and O–H groups in total. The molecule has 1 saturated carbocycles. The van der Waals surface area contributed by atoms with Crippen LogP contribution in [0.2, 0.25) is 0 Å². The zero-order valence-electron chi connectivity index (χ0n) is 13.8. The molecule has 0 bridgehead atoms. The number of nitrogens with two attached hydrogens (primary N) is 1. The average molecular weight is 351 g/mol. The van der Waals surface area contributed by atoms with Gasteiger partial charge in [0.05, 0.1) is 5.56 Å². The molecule has 0 atom stereocenters. The summed E-state index contributed by atoms with van der Waals surface area (Å²) in [5, 5.41) is 12.4. The third kappa shape index (κ3) is 3.27. The number of nitrogens with zero attached hydrogens (tertiary/aromatic N) is 3. The minimum atomic E-state index is -0.318. The second-order valence-corrected chi connectivity index (χ2v) is 6.07. The van der Waals surface area contributed by atoms with Crippen molar-refractivity contribution in [3.63, 3.8) is 0 Å². The van der Waals surface area contributed by atoms with Gasteiger partial charge in [-0.05, 0) is 43.2 Å². The highest BCUT2D eigenvalue weighted by Crippen LogP contribution is 2.20. The molecule has 1 aliphatic rings. The van der Waals surface area contributed by atoms with Gasteiger partial charge in [0.15, 0.2) is 5.82 Å². The van der Waals surface area contributed by atoms with Crippen LogP contribution in [0.5, 0.6) is 0 Å². The highest BCUT2D eigenvalue weighted by Gasteiger charge is 2.23. The zero-order chi connectivity index (χ0) is 18.1. The Morgan fingerprint density at radius 2 is 1.77 bits per heavy atom. The first-order valence-corrected chi connectivity index (χ1v) is 8.17. The molecule has 3 amide bonds. The Kier molecular flexibility index (Phi) is 3.88. The van der Waals surface area contributed by atoms with Crippen LogP contribution in [0.3, 0.4) is 0 Å². The lowest BCUT2D eigenvalue weighted by molar-refractivity contribution is 0.102. The lowest BCUT2D eigenvalue weighted by Crippen LogP contribution is -2.30. The van der Waals surface area contributed by atoms with E-state index in [1.54, 1.807) is 36.5 Å².